The van der Waals surface area contributed by atoms with E-state index in [2.05, 4.69) is 20.9 Å². The first-order chi connectivity index (χ1) is 14.5. The number of anilines is 1. The lowest BCUT2D eigenvalue weighted by molar-refractivity contribution is -0.132. The number of imide groups is 1. The molecule has 0 atom stereocenters. The van der Waals surface area contributed by atoms with E-state index in [1.54, 1.807) is 6.07 Å². The second-order valence-corrected chi connectivity index (χ2v) is 6.97. The smallest absolute Gasteiger partial charge is 0.226 e. The van der Waals surface area contributed by atoms with Gasteiger partial charge in [0.15, 0.2) is 6.29 Å². The van der Waals surface area contributed by atoms with Gasteiger partial charge in [0.25, 0.3) is 0 Å². The highest BCUT2D eigenvalue weighted by Gasteiger charge is 2.17. The van der Waals surface area contributed by atoms with Crippen LogP contribution < -0.4 is 21.7 Å². The van der Waals surface area contributed by atoms with Gasteiger partial charge in [-0.15, -0.1) is 0 Å². The molecule has 0 aromatic heterocycles. The largest absolute Gasteiger partial charge is 0.369 e. The molecular weight excluding hydrogens is 389 g/mol. The Balaban J connectivity index is 0.000000375. The highest BCUT2D eigenvalue weighted by atomic mass is 19.1. The Morgan fingerprint density at radius 1 is 1.07 bits per heavy atom. The van der Waals surface area contributed by atoms with Crippen molar-refractivity contribution in [1.29, 1.82) is 0 Å². The fraction of sp³-hybridized carbons (Fsp3) is 0.571. The van der Waals surface area contributed by atoms with Gasteiger partial charge in [-0.2, -0.15) is 0 Å². The molecule has 0 spiro atoms. The Hall–Kier alpha value is -2.36. The Morgan fingerprint density at radius 3 is 2.17 bits per heavy atom. The Bertz CT molecular complexity index is 665. The monoisotopic (exact) mass is 423 g/mol. The summed E-state index contributed by atoms with van der Waals surface area (Å²) in [5.74, 6) is -0.717. The standard InChI is InChI=1S/C15H22FN3O.C5H7NO2.CH5N/c16-15-11-14(4-3-13(15)12-20)19-9-7-18(8-10-19)6-2-1-5-17;7-4-2-1-3-5(8)6-4;1-2/h3-4,11-12H,1-2,5-10,17H2;1-3H2,(H,6,7,8);2H2,1H3. The van der Waals surface area contributed by atoms with Crippen molar-refractivity contribution < 1.29 is 18.8 Å². The molecule has 0 bridgehead atoms. The average Bonchev–Trinajstić information content (AvgIpc) is 2.76. The van der Waals surface area contributed by atoms with Crippen molar-refractivity contribution in [2.45, 2.75) is 32.1 Å². The predicted octanol–water partition coefficient (Wildman–Crippen LogP) is 0.887. The molecule has 0 unspecified atom stereocenters. The molecule has 0 saturated carbocycles. The van der Waals surface area contributed by atoms with Crippen LogP contribution in [0.25, 0.3) is 0 Å². The van der Waals surface area contributed by atoms with Gasteiger partial charge >= 0.3 is 0 Å². The number of amides is 2. The number of unbranched alkanes of at least 4 members (excludes halogenated alkanes) is 1. The molecule has 2 aliphatic rings. The number of hydrogen-bond acceptors (Lipinski definition) is 7. The highest BCUT2D eigenvalue weighted by molar-refractivity contribution is 5.97. The number of benzene rings is 1. The van der Waals surface area contributed by atoms with Crippen molar-refractivity contribution in [3.63, 3.8) is 0 Å². The van der Waals surface area contributed by atoms with Crippen LogP contribution in [0.1, 0.15) is 42.5 Å². The summed E-state index contributed by atoms with van der Waals surface area (Å²) >= 11 is 0. The van der Waals surface area contributed by atoms with E-state index in [1.807, 2.05) is 6.07 Å². The number of piperidine rings is 1. The fourth-order valence-electron chi connectivity index (χ4n) is 3.21. The lowest BCUT2D eigenvalue weighted by Gasteiger charge is -2.36. The maximum atomic E-state index is 13.6. The summed E-state index contributed by atoms with van der Waals surface area (Å²) in [6, 6.07) is 4.82. The fourth-order valence-corrected chi connectivity index (χ4v) is 3.21. The molecule has 2 aliphatic heterocycles. The molecule has 0 aliphatic carbocycles. The van der Waals surface area contributed by atoms with Crippen molar-refractivity contribution in [1.82, 2.24) is 10.2 Å². The van der Waals surface area contributed by atoms with E-state index in [-0.39, 0.29) is 17.4 Å². The molecular formula is C21H34FN5O3. The number of carbonyl (C=O) groups is 3. The van der Waals surface area contributed by atoms with Crippen molar-refractivity contribution >= 4 is 23.8 Å². The minimum absolute atomic E-state index is 0.120. The minimum Gasteiger partial charge on any atom is -0.369 e. The molecule has 2 saturated heterocycles. The van der Waals surface area contributed by atoms with Crippen molar-refractivity contribution in [2.75, 3.05) is 51.2 Å². The third-order valence-electron chi connectivity index (χ3n) is 4.86. The van der Waals surface area contributed by atoms with Gasteiger partial charge in [0.2, 0.25) is 11.8 Å². The van der Waals surface area contributed by atoms with Crippen molar-refractivity contribution in [3.8, 4) is 0 Å². The lowest BCUT2D eigenvalue weighted by Crippen LogP contribution is -2.46. The van der Waals surface area contributed by atoms with Crippen LogP contribution in [0.4, 0.5) is 10.1 Å². The summed E-state index contributed by atoms with van der Waals surface area (Å²) in [6.07, 6.45) is 4.48. The highest BCUT2D eigenvalue weighted by Crippen LogP contribution is 2.19. The SMILES string of the molecule is CN.NCCCCN1CCN(c2ccc(C=O)c(F)c2)CC1.O=C1CCCC(=O)N1. The van der Waals surface area contributed by atoms with Crippen LogP contribution in [0, 0.1) is 5.82 Å². The normalized spacial score (nSPS) is 16.6. The molecule has 0 radical (unpaired) electrons. The van der Waals surface area contributed by atoms with Crippen LogP contribution in [-0.2, 0) is 9.59 Å². The first-order valence-corrected chi connectivity index (χ1v) is 10.4. The first-order valence-electron chi connectivity index (χ1n) is 10.4. The van der Waals surface area contributed by atoms with Crippen LogP contribution in [0.15, 0.2) is 18.2 Å². The Morgan fingerprint density at radius 2 is 1.70 bits per heavy atom. The molecule has 5 N–H and O–H groups in total. The molecule has 3 rings (SSSR count). The van der Waals surface area contributed by atoms with Crippen LogP contribution in [0.2, 0.25) is 0 Å². The number of nitrogens with one attached hydrogen (secondary N) is 1. The molecule has 2 fully saturated rings. The third kappa shape index (κ3) is 8.98. The molecule has 2 amide bonds. The summed E-state index contributed by atoms with van der Waals surface area (Å²) in [5, 5.41) is 2.20. The van der Waals surface area contributed by atoms with Crippen LogP contribution >= 0.6 is 0 Å². The predicted molar refractivity (Wildman–Crippen MR) is 116 cm³/mol. The zero-order valence-electron chi connectivity index (χ0n) is 17.7. The van der Waals surface area contributed by atoms with Gasteiger partial charge in [0.05, 0.1) is 5.56 Å². The van der Waals surface area contributed by atoms with Crippen LogP contribution in [-0.4, -0.2) is 69.3 Å². The molecule has 168 valence electrons. The maximum Gasteiger partial charge on any atom is 0.226 e. The van der Waals surface area contributed by atoms with Gasteiger partial charge in [-0.3, -0.25) is 24.6 Å². The third-order valence-corrected chi connectivity index (χ3v) is 4.86. The summed E-state index contributed by atoms with van der Waals surface area (Å²) in [5.41, 5.74) is 11.0. The van der Waals surface area contributed by atoms with Gasteiger partial charge < -0.3 is 16.4 Å². The number of nitrogens with two attached hydrogens (primary N) is 2. The van der Waals surface area contributed by atoms with E-state index < -0.39 is 5.82 Å². The Labute approximate surface area is 177 Å². The zero-order chi connectivity index (χ0) is 22.4. The molecule has 30 heavy (non-hydrogen) atoms. The summed E-state index contributed by atoms with van der Waals surface area (Å²) < 4.78 is 13.6. The van der Waals surface area contributed by atoms with Gasteiger partial charge in [-0.05, 0) is 57.6 Å². The molecule has 9 heteroatoms. The van der Waals surface area contributed by atoms with E-state index >= 15 is 0 Å². The number of aldehydes is 1. The van der Waals surface area contributed by atoms with E-state index in [9.17, 15) is 18.8 Å². The second kappa shape index (κ2) is 14.6. The quantitative estimate of drug-likeness (QED) is 0.353. The van der Waals surface area contributed by atoms with Gasteiger partial charge in [0.1, 0.15) is 5.82 Å². The number of piperazine rings is 1. The number of nitrogens with zero attached hydrogens (tertiary/aromatic N) is 2. The molecule has 1 aromatic rings. The lowest BCUT2D eigenvalue weighted by atomic mass is 10.1. The average molecular weight is 424 g/mol. The summed E-state index contributed by atoms with van der Waals surface area (Å²) in [7, 11) is 1.50. The number of halogens is 1. The topological polar surface area (TPSA) is 122 Å². The molecule has 8 nitrogen and oxygen atoms in total. The summed E-state index contributed by atoms with van der Waals surface area (Å²) in [6.45, 7) is 5.60. The van der Waals surface area contributed by atoms with E-state index in [0.717, 1.165) is 57.8 Å². The second-order valence-electron chi connectivity index (χ2n) is 6.97. The maximum absolute atomic E-state index is 13.6. The van der Waals surface area contributed by atoms with E-state index in [1.165, 1.54) is 13.1 Å². The first kappa shape index (κ1) is 25.7. The van der Waals surface area contributed by atoms with Gasteiger partial charge in [0, 0.05) is 44.7 Å². The summed E-state index contributed by atoms with van der Waals surface area (Å²) in [4.78, 5) is 35.9. The van der Waals surface area contributed by atoms with Gasteiger partial charge in [-0.1, -0.05) is 0 Å². The zero-order valence-corrected chi connectivity index (χ0v) is 17.7. The number of rotatable bonds is 6. The van der Waals surface area contributed by atoms with Crippen molar-refractivity contribution in [2.24, 2.45) is 11.5 Å². The molecule has 1 aromatic carbocycles. The number of hydrogen-bond donors (Lipinski definition) is 3. The molecule has 2 heterocycles. The number of carbonyl (C=O) groups excluding carboxylic acids is 3. The van der Waals surface area contributed by atoms with E-state index in [0.29, 0.717) is 25.5 Å². The Kier molecular flexibility index (Phi) is 12.5. The minimum atomic E-state index is -0.442. The van der Waals surface area contributed by atoms with Crippen LogP contribution in [0.3, 0.4) is 0 Å². The van der Waals surface area contributed by atoms with E-state index in [4.69, 9.17) is 5.73 Å². The van der Waals surface area contributed by atoms with Crippen molar-refractivity contribution in [3.05, 3.63) is 29.6 Å². The van der Waals surface area contributed by atoms with Crippen LogP contribution in [0.5, 0.6) is 0 Å². The van der Waals surface area contributed by atoms with Gasteiger partial charge in [-0.25, -0.2) is 4.39 Å².